The monoisotopic (exact) mass is 395 g/mol. The van der Waals surface area contributed by atoms with Crippen molar-refractivity contribution in [1.82, 2.24) is 9.97 Å². The molecule has 1 aliphatic heterocycles. The second-order valence-electron chi connectivity index (χ2n) is 7.93. The second kappa shape index (κ2) is 8.56. The van der Waals surface area contributed by atoms with Crippen LogP contribution in [-0.4, -0.2) is 21.9 Å². The first-order valence-corrected chi connectivity index (χ1v) is 11.3. The Hall–Kier alpha value is -2.01. The average Bonchev–Trinajstić information content (AvgIpc) is 2.84. The number of allylic oxidation sites excluding steroid dienone is 2. The lowest BCUT2D eigenvalue weighted by Crippen LogP contribution is -2.39. The Labute approximate surface area is 172 Å². The molecule has 2 aliphatic rings. The summed E-state index contributed by atoms with van der Waals surface area (Å²) in [6, 6.07) is 8.37. The number of ether oxygens (including phenoxy) is 1. The van der Waals surface area contributed by atoms with Gasteiger partial charge in [0.15, 0.2) is 11.4 Å². The highest BCUT2D eigenvalue weighted by Crippen LogP contribution is 2.41. The Morgan fingerprint density at radius 1 is 1.25 bits per heavy atom. The molecule has 0 fully saturated rings. The molecule has 4 nitrogen and oxygen atoms in total. The van der Waals surface area contributed by atoms with E-state index >= 15 is 0 Å². The SMILES string of the molecule is CCCCSc1ncc2c(n1)OC(C1CC=C(C)CC1C)Nc1ccccc1-2. The molecule has 0 spiro atoms. The van der Waals surface area contributed by atoms with Gasteiger partial charge in [-0.3, -0.25) is 0 Å². The molecule has 3 unspecified atom stereocenters. The van der Waals surface area contributed by atoms with Gasteiger partial charge in [0.25, 0.3) is 0 Å². The molecule has 0 radical (unpaired) electrons. The van der Waals surface area contributed by atoms with E-state index in [2.05, 4.69) is 61.4 Å². The van der Waals surface area contributed by atoms with Gasteiger partial charge in [0.05, 0.1) is 5.56 Å². The van der Waals surface area contributed by atoms with Crippen molar-refractivity contribution in [2.75, 3.05) is 11.1 Å². The molecule has 28 heavy (non-hydrogen) atoms. The van der Waals surface area contributed by atoms with E-state index in [-0.39, 0.29) is 6.23 Å². The highest BCUT2D eigenvalue weighted by atomic mass is 32.2. The zero-order chi connectivity index (χ0) is 19.5. The first-order chi connectivity index (χ1) is 13.7. The number of nitrogens with zero attached hydrogens (tertiary/aromatic N) is 2. The molecule has 0 saturated heterocycles. The van der Waals surface area contributed by atoms with Crippen LogP contribution in [0.5, 0.6) is 5.88 Å². The fraction of sp³-hybridized carbons (Fsp3) is 0.478. The van der Waals surface area contributed by atoms with Crippen LogP contribution < -0.4 is 10.1 Å². The third-order valence-corrected chi connectivity index (χ3v) is 6.66. The summed E-state index contributed by atoms with van der Waals surface area (Å²) in [6.07, 6.45) is 8.70. The van der Waals surface area contributed by atoms with E-state index in [1.165, 1.54) is 18.4 Å². The van der Waals surface area contributed by atoms with E-state index in [9.17, 15) is 0 Å². The van der Waals surface area contributed by atoms with Crippen LogP contribution in [0.4, 0.5) is 5.69 Å². The fourth-order valence-corrected chi connectivity index (χ4v) is 4.97. The number of hydrogen-bond acceptors (Lipinski definition) is 5. The van der Waals surface area contributed by atoms with Crippen molar-refractivity contribution < 1.29 is 4.74 Å². The molecule has 1 N–H and O–H groups in total. The normalized spacial score (nSPS) is 23.5. The van der Waals surface area contributed by atoms with Crippen LogP contribution >= 0.6 is 11.8 Å². The lowest BCUT2D eigenvalue weighted by atomic mass is 9.80. The van der Waals surface area contributed by atoms with E-state index in [0.29, 0.717) is 17.7 Å². The molecule has 0 amide bonds. The molecule has 148 valence electrons. The first-order valence-electron chi connectivity index (χ1n) is 10.3. The number of unbranched alkanes of at least 4 members (excludes halogenated alkanes) is 1. The molecule has 2 heterocycles. The maximum Gasteiger partial charge on any atom is 0.227 e. The first kappa shape index (κ1) is 19.3. The molecule has 1 aromatic carbocycles. The van der Waals surface area contributed by atoms with E-state index in [1.807, 2.05) is 6.20 Å². The van der Waals surface area contributed by atoms with Gasteiger partial charge in [-0.15, -0.1) is 0 Å². The van der Waals surface area contributed by atoms with Gasteiger partial charge in [0.1, 0.15) is 0 Å². The number of rotatable bonds is 5. The zero-order valence-corrected chi connectivity index (χ0v) is 17.8. The van der Waals surface area contributed by atoms with Gasteiger partial charge in [-0.05, 0) is 38.2 Å². The summed E-state index contributed by atoms with van der Waals surface area (Å²) in [7, 11) is 0. The minimum atomic E-state index is -0.0925. The van der Waals surface area contributed by atoms with Crippen molar-refractivity contribution in [2.45, 2.75) is 57.8 Å². The largest absolute Gasteiger partial charge is 0.453 e. The lowest BCUT2D eigenvalue weighted by Gasteiger charge is -2.34. The van der Waals surface area contributed by atoms with E-state index < -0.39 is 0 Å². The molecule has 3 atom stereocenters. The molecule has 5 heteroatoms. The van der Waals surface area contributed by atoms with Gasteiger partial charge < -0.3 is 10.1 Å². The number of aromatic nitrogens is 2. The van der Waals surface area contributed by atoms with E-state index in [0.717, 1.165) is 40.6 Å². The summed E-state index contributed by atoms with van der Waals surface area (Å²) < 4.78 is 6.53. The summed E-state index contributed by atoms with van der Waals surface area (Å²) in [5.41, 5.74) is 4.66. The Balaban J connectivity index is 1.68. The molecule has 1 aliphatic carbocycles. The van der Waals surface area contributed by atoms with Crippen molar-refractivity contribution in [2.24, 2.45) is 11.8 Å². The number of anilines is 1. The maximum absolute atomic E-state index is 6.53. The Morgan fingerprint density at radius 2 is 2.11 bits per heavy atom. The summed E-state index contributed by atoms with van der Waals surface area (Å²) in [5.74, 6) is 2.72. The fourth-order valence-electron chi connectivity index (χ4n) is 4.08. The molecule has 0 saturated carbocycles. The van der Waals surface area contributed by atoms with Gasteiger partial charge in [-0.25, -0.2) is 4.98 Å². The highest BCUT2D eigenvalue weighted by Gasteiger charge is 2.33. The number of fused-ring (bicyclic) bond motifs is 3. The van der Waals surface area contributed by atoms with Crippen LogP contribution in [0.3, 0.4) is 0 Å². The number of benzene rings is 1. The highest BCUT2D eigenvalue weighted by molar-refractivity contribution is 7.99. The number of para-hydroxylation sites is 1. The van der Waals surface area contributed by atoms with E-state index in [1.54, 1.807) is 11.8 Å². The predicted molar refractivity (Wildman–Crippen MR) is 117 cm³/mol. The maximum atomic E-state index is 6.53. The summed E-state index contributed by atoms with van der Waals surface area (Å²) in [5, 5.41) is 4.47. The third kappa shape index (κ3) is 4.04. The summed E-state index contributed by atoms with van der Waals surface area (Å²) >= 11 is 1.71. The van der Waals surface area contributed by atoms with Crippen molar-refractivity contribution in [3.8, 4) is 17.0 Å². The van der Waals surface area contributed by atoms with Crippen LogP contribution in [0.25, 0.3) is 11.1 Å². The molecular weight excluding hydrogens is 366 g/mol. The van der Waals surface area contributed by atoms with E-state index in [4.69, 9.17) is 9.72 Å². The average molecular weight is 396 g/mol. The van der Waals surface area contributed by atoms with Crippen LogP contribution in [0.1, 0.15) is 46.5 Å². The summed E-state index contributed by atoms with van der Waals surface area (Å²) in [4.78, 5) is 9.40. The third-order valence-electron chi connectivity index (χ3n) is 5.72. The van der Waals surface area contributed by atoms with Crippen LogP contribution in [0, 0.1) is 11.8 Å². The smallest absolute Gasteiger partial charge is 0.227 e. The minimum Gasteiger partial charge on any atom is -0.453 e. The second-order valence-corrected chi connectivity index (χ2v) is 9.00. The molecule has 4 rings (SSSR count). The number of hydrogen-bond donors (Lipinski definition) is 1. The van der Waals surface area contributed by atoms with Crippen LogP contribution in [-0.2, 0) is 0 Å². The molecule has 0 bridgehead atoms. The lowest BCUT2D eigenvalue weighted by molar-refractivity contribution is 0.115. The molecule has 2 aromatic rings. The van der Waals surface area contributed by atoms with Gasteiger partial charge >= 0.3 is 0 Å². The van der Waals surface area contributed by atoms with Crippen LogP contribution in [0.2, 0.25) is 0 Å². The summed E-state index contributed by atoms with van der Waals surface area (Å²) in [6.45, 7) is 6.76. The zero-order valence-electron chi connectivity index (χ0n) is 16.9. The van der Waals surface area contributed by atoms with Gasteiger partial charge in [-0.2, -0.15) is 4.98 Å². The topological polar surface area (TPSA) is 47.0 Å². The standard InChI is InChI=1S/C23H29N3OS/c1-4-5-12-28-23-24-14-19-18-8-6-7-9-20(18)25-21(27-22(19)26-23)17-11-10-15(2)13-16(17)3/h6-10,14,16-17,21,25H,4-5,11-13H2,1-3H3. The van der Waals surface area contributed by atoms with Crippen molar-refractivity contribution >= 4 is 17.4 Å². The van der Waals surface area contributed by atoms with Crippen molar-refractivity contribution in [3.05, 3.63) is 42.1 Å². The van der Waals surface area contributed by atoms with Crippen LogP contribution in [0.15, 0.2) is 47.3 Å². The number of thioether (sulfide) groups is 1. The Morgan fingerprint density at radius 3 is 2.93 bits per heavy atom. The van der Waals surface area contributed by atoms with Crippen molar-refractivity contribution in [1.29, 1.82) is 0 Å². The van der Waals surface area contributed by atoms with Crippen molar-refractivity contribution in [3.63, 3.8) is 0 Å². The quantitative estimate of drug-likeness (QED) is 0.284. The van der Waals surface area contributed by atoms with Gasteiger partial charge in [0.2, 0.25) is 5.88 Å². The Bertz CT molecular complexity index is 867. The Kier molecular flexibility index (Phi) is 5.90. The van der Waals surface area contributed by atoms with Gasteiger partial charge in [-0.1, -0.05) is 61.9 Å². The molecule has 1 aromatic heterocycles. The molecular formula is C23H29N3OS. The predicted octanol–water partition coefficient (Wildman–Crippen LogP) is 6.16. The van der Waals surface area contributed by atoms with Gasteiger partial charge in [0, 0.05) is 29.1 Å². The minimum absolute atomic E-state index is 0.0925. The number of nitrogens with one attached hydrogen (secondary N) is 1.